The van der Waals surface area contributed by atoms with Gasteiger partial charge in [-0.25, -0.2) is 4.39 Å². The van der Waals surface area contributed by atoms with Crippen molar-refractivity contribution in [1.29, 1.82) is 0 Å². The zero-order chi connectivity index (χ0) is 14.8. The van der Waals surface area contributed by atoms with E-state index in [2.05, 4.69) is 11.9 Å². The van der Waals surface area contributed by atoms with Gasteiger partial charge in [0, 0.05) is 31.7 Å². The molecule has 0 aliphatic carbocycles. The Morgan fingerprint density at radius 2 is 1.77 bits per heavy atom. The minimum atomic E-state index is -4.53. The van der Waals surface area contributed by atoms with Crippen molar-refractivity contribution >= 4 is 24.8 Å². The molecule has 2 nitrogen and oxygen atoms in total. The first kappa shape index (κ1) is 21.2. The van der Waals surface area contributed by atoms with Gasteiger partial charge in [-0.2, -0.15) is 13.2 Å². The standard InChI is InChI=1S/C14H16F4N2.2ClH/c1-2-13(20-7-5-19-6-8-20)11-4-3-10(9-12(11)15)14(16,17)18;;/h2-4,9,13,19H,1,5-8H2;2*1H/t13-;;/m0../s1. The van der Waals surface area contributed by atoms with Gasteiger partial charge in [0.15, 0.2) is 0 Å². The third kappa shape index (κ3) is 4.84. The first-order chi connectivity index (χ1) is 9.43. The summed E-state index contributed by atoms with van der Waals surface area (Å²) in [6.45, 7) is 6.63. The molecule has 22 heavy (non-hydrogen) atoms. The second kappa shape index (κ2) is 8.72. The van der Waals surface area contributed by atoms with Crippen molar-refractivity contribution < 1.29 is 17.6 Å². The number of piperazine rings is 1. The van der Waals surface area contributed by atoms with Crippen LogP contribution in [0.4, 0.5) is 17.6 Å². The van der Waals surface area contributed by atoms with Crippen LogP contribution in [0.5, 0.6) is 0 Å². The topological polar surface area (TPSA) is 15.3 Å². The highest BCUT2D eigenvalue weighted by Gasteiger charge is 2.32. The SMILES string of the molecule is C=C[C@@H](c1ccc(C(F)(F)F)cc1F)N1CCNCC1.Cl.Cl. The Hall–Kier alpha value is -0.820. The first-order valence-corrected chi connectivity index (χ1v) is 6.37. The van der Waals surface area contributed by atoms with Crippen molar-refractivity contribution in [3.8, 4) is 0 Å². The summed E-state index contributed by atoms with van der Waals surface area (Å²) in [6.07, 6.45) is -2.96. The van der Waals surface area contributed by atoms with Gasteiger partial charge >= 0.3 is 6.18 Å². The van der Waals surface area contributed by atoms with E-state index in [0.717, 1.165) is 19.2 Å². The molecule has 1 N–H and O–H groups in total. The molecule has 126 valence electrons. The molecule has 0 aromatic heterocycles. The van der Waals surface area contributed by atoms with E-state index >= 15 is 0 Å². The second-order valence-corrected chi connectivity index (χ2v) is 4.70. The van der Waals surface area contributed by atoms with Crippen LogP contribution in [0.1, 0.15) is 17.2 Å². The molecule has 1 aromatic carbocycles. The summed E-state index contributed by atoms with van der Waals surface area (Å²) in [5.41, 5.74) is -0.739. The lowest BCUT2D eigenvalue weighted by Crippen LogP contribution is -2.44. The molecule has 0 saturated carbocycles. The molecule has 0 bridgehead atoms. The summed E-state index contributed by atoms with van der Waals surface area (Å²) in [7, 11) is 0. The molecule has 0 unspecified atom stereocenters. The minimum absolute atomic E-state index is 0. The largest absolute Gasteiger partial charge is 0.416 e. The lowest BCUT2D eigenvalue weighted by atomic mass is 10.0. The van der Waals surface area contributed by atoms with E-state index in [0.29, 0.717) is 19.2 Å². The number of alkyl halides is 3. The summed E-state index contributed by atoms with van der Waals surface area (Å²) in [4.78, 5) is 2.00. The molecule has 1 heterocycles. The van der Waals surface area contributed by atoms with Crippen molar-refractivity contribution in [1.82, 2.24) is 10.2 Å². The third-order valence-electron chi connectivity index (χ3n) is 3.41. The van der Waals surface area contributed by atoms with Gasteiger partial charge in [-0.1, -0.05) is 12.1 Å². The quantitative estimate of drug-likeness (QED) is 0.651. The normalized spacial score (nSPS) is 17.1. The van der Waals surface area contributed by atoms with E-state index in [4.69, 9.17) is 0 Å². The Morgan fingerprint density at radius 3 is 2.23 bits per heavy atom. The van der Waals surface area contributed by atoms with Crippen LogP contribution in [0.15, 0.2) is 30.9 Å². The van der Waals surface area contributed by atoms with Crippen LogP contribution in [0.3, 0.4) is 0 Å². The molecule has 1 atom stereocenters. The molecule has 1 aliphatic heterocycles. The number of nitrogens with zero attached hydrogens (tertiary/aromatic N) is 1. The molecule has 1 aliphatic rings. The summed E-state index contributed by atoms with van der Waals surface area (Å²) >= 11 is 0. The predicted molar refractivity (Wildman–Crippen MR) is 83.3 cm³/mol. The molecule has 8 heteroatoms. The zero-order valence-electron chi connectivity index (χ0n) is 11.7. The molecular weight excluding hydrogens is 343 g/mol. The predicted octanol–water partition coefficient (Wildman–Crippen LogP) is 3.82. The van der Waals surface area contributed by atoms with Crippen LogP contribution in [0.25, 0.3) is 0 Å². The number of nitrogens with one attached hydrogen (secondary N) is 1. The first-order valence-electron chi connectivity index (χ1n) is 6.37. The number of hydrogen-bond donors (Lipinski definition) is 1. The minimum Gasteiger partial charge on any atom is -0.314 e. The number of benzene rings is 1. The van der Waals surface area contributed by atoms with E-state index in [1.165, 1.54) is 6.07 Å². The molecule has 2 rings (SSSR count). The fourth-order valence-electron chi connectivity index (χ4n) is 2.38. The lowest BCUT2D eigenvalue weighted by Gasteiger charge is -2.33. The van der Waals surface area contributed by atoms with Gasteiger partial charge < -0.3 is 5.32 Å². The van der Waals surface area contributed by atoms with E-state index in [-0.39, 0.29) is 30.4 Å². The Morgan fingerprint density at radius 1 is 1.18 bits per heavy atom. The third-order valence-corrected chi connectivity index (χ3v) is 3.41. The van der Waals surface area contributed by atoms with E-state index in [1.807, 2.05) is 4.90 Å². The Balaban J connectivity index is 0.00000220. The maximum absolute atomic E-state index is 14.0. The maximum atomic E-state index is 14.0. The van der Waals surface area contributed by atoms with Gasteiger partial charge in [-0.05, 0) is 12.1 Å². The van der Waals surface area contributed by atoms with Crippen molar-refractivity contribution in [2.24, 2.45) is 0 Å². The molecule has 1 fully saturated rings. The van der Waals surface area contributed by atoms with Gasteiger partial charge in [-0.3, -0.25) is 4.90 Å². The summed E-state index contributed by atoms with van der Waals surface area (Å²) in [5, 5.41) is 3.17. The zero-order valence-corrected chi connectivity index (χ0v) is 13.3. The fourth-order valence-corrected chi connectivity index (χ4v) is 2.38. The summed E-state index contributed by atoms with van der Waals surface area (Å²) < 4.78 is 51.6. The van der Waals surface area contributed by atoms with Crippen LogP contribution < -0.4 is 5.32 Å². The van der Waals surface area contributed by atoms with Crippen LogP contribution in [-0.2, 0) is 6.18 Å². The van der Waals surface area contributed by atoms with E-state index in [9.17, 15) is 17.6 Å². The van der Waals surface area contributed by atoms with Crippen molar-refractivity contribution in [3.63, 3.8) is 0 Å². The Kier molecular flexibility index (Phi) is 8.39. The highest BCUT2D eigenvalue weighted by Crippen LogP contribution is 2.32. The van der Waals surface area contributed by atoms with Crippen LogP contribution in [-0.4, -0.2) is 31.1 Å². The van der Waals surface area contributed by atoms with Crippen LogP contribution >= 0.6 is 24.8 Å². The molecule has 0 spiro atoms. The summed E-state index contributed by atoms with van der Waals surface area (Å²) in [5.74, 6) is -0.844. The summed E-state index contributed by atoms with van der Waals surface area (Å²) in [6, 6.07) is 2.26. The van der Waals surface area contributed by atoms with Gasteiger partial charge in [0.05, 0.1) is 11.6 Å². The molecule has 0 radical (unpaired) electrons. The molecule has 0 amide bonds. The number of rotatable bonds is 3. The van der Waals surface area contributed by atoms with Gasteiger partial charge in [0.1, 0.15) is 5.82 Å². The lowest BCUT2D eigenvalue weighted by molar-refractivity contribution is -0.137. The highest BCUT2D eigenvalue weighted by atomic mass is 35.5. The van der Waals surface area contributed by atoms with Gasteiger partial charge in [-0.15, -0.1) is 31.4 Å². The van der Waals surface area contributed by atoms with Crippen molar-refractivity contribution in [2.75, 3.05) is 26.2 Å². The van der Waals surface area contributed by atoms with Crippen LogP contribution in [0.2, 0.25) is 0 Å². The smallest absolute Gasteiger partial charge is 0.314 e. The Bertz CT molecular complexity index is 488. The molecular formula is C14H18Cl2F4N2. The average Bonchev–Trinajstić information content (AvgIpc) is 2.41. The molecule has 1 aromatic rings. The monoisotopic (exact) mass is 360 g/mol. The van der Waals surface area contributed by atoms with Gasteiger partial charge in [0.25, 0.3) is 0 Å². The molecule has 1 saturated heterocycles. The second-order valence-electron chi connectivity index (χ2n) is 4.70. The highest BCUT2D eigenvalue weighted by molar-refractivity contribution is 5.85. The van der Waals surface area contributed by atoms with Crippen LogP contribution in [0, 0.1) is 5.82 Å². The number of halogens is 6. The van der Waals surface area contributed by atoms with Crippen molar-refractivity contribution in [3.05, 3.63) is 47.8 Å². The van der Waals surface area contributed by atoms with Gasteiger partial charge in [0.2, 0.25) is 0 Å². The van der Waals surface area contributed by atoms with E-state index in [1.54, 1.807) is 6.08 Å². The van der Waals surface area contributed by atoms with E-state index < -0.39 is 23.6 Å². The van der Waals surface area contributed by atoms with Crippen molar-refractivity contribution in [2.45, 2.75) is 12.2 Å². The maximum Gasteiger partial charge on any atom is 0.416 e. The average molecular weight is 361 g/mol. The number of hydrogen-bond acceptors (Lipinski definition) is 2. The Labute approximate surface area is 139 Å². The fraction of sp³-hybridized carbons (Fsp3) is 0.429.